The summed E-state index contributed by atoms with van der Waals surface area (Å²) in [5, 5.41) is 4.19. The minimum Gasteiger partial charge on any atom is -0.492 e. The van der Waals surface area contributed by atoms with Crippen molar-refractivity contribution in [2.24, 2.45) is 0 Å². The lowest BCUT2D eigenvalue weighted by molar-refractivity contribution is 0.311. The minimum absolute atomic E-state index is 0.687. The molecule has 0 atom stereocenters. The predicted molar refractivity (Wildman–Crippen MR) is 82.4 cm³/mol. The van der Waals surface area contributed by atoms with E-state index in [9.17, 15) is 0 Å². The summed E-state index contributed by atoms with van der Waals surface area (Å²) in [6.07, 6.45) is 2.09. The minimum atomic E-state index is 0.687. The molecule has 0 aliphatic rings. The second-order valence-corrected chi connectivity index (χ2v) is 5.27. The van der Waals surface area contributed by atoms with Crippen LogP contribution in [0.1, 0.15) is 18.9 Å². The molecule has 3 nitrogen and oxygen atoms in total. The molecule has 4 heteroatoms. The van der Waals surface area contributed by atoms with Gasteiger partial charge in [0.15, 0.2) is 0 Å². The molecule has 0 amide bonds. The number of nitrogens with zero attached hydrogens (tertiary/aromatic N) is 1. The van der Waals surface area contributed by atoms with Crippen LogP contribution in [-0.4, -0.2) is 45.2 Å². The Morgan fingerprint density at radius 2 is 2.05 bits per heavy atom. The normalized spacial score (nSPS) is 11.0. The van der Waals surface area contributed by atoms with Crippen LogP contribution in [0, 0.1) is 0 Å². The smallest absolute Gasteiger partial charge is 0.119 e. The molecule has 0 heterocycles. The summed E-state index contributed by atoms with van der Waals surface area (Å²) < 4.78 is 5.70. The first-order valence-electron chi connectivity index (χ1n) is 6.90. The summed E-state index contributed by atoms with van der Waals surface area (Å²) in [5.74, 6) is 0.899. The van der Waals surface area contributed by atoms with Crippen LogP contribution < -0.4 is 10.1 Å². The quantitative estimate of drug-likeness (QED) is 0.706. The monoisotopic (exact) mass is 284 g/mol. The van der Waals surface area contributed by atoms with Gasteiger partial charge in [-0.2, -0.15) is 0 Å². The van der Waals surface area contributed by atoms with Crippen LogP contribution in [0.15, 0.2) is 18.2 Å². The lowest BCUT2D eigenvalue weighted by Gasteiger charge is -2.11. The number of nitrogens with one attached hydrogen (secondary N) is 1. The Kier molecular flexibility index (Phi) is 7.87. The first-order valence-corrected chi connectivity index (χ1v) is 7.28. The van der Waals surface area contributed by atoms with Crippen LogP contribution >= 0.6 is 11.6 Å². The zero-order valence-electron chi connectivity index (χ0n) is 12.2. The Bertz CT molecular complexity index is 369. The summed E-state index contributed by atoms with van der Waals surface area (Å²) in [6, 6.07) is 5.85. The van der Waals surface area contributed by atoms with E-state index in [2.05, 4.69) is 31.2 Å². The van der Waals surface area contributed by atoms with Crippen LogP contribution in [-0.2, 0) is 6.42 Å². The fourth-order valence-electron chi connectivity index (χ4n) is 1.80. The number of hydrogen-bond donors (Lipinski definition) is 1. The van der Waals surface area contributed by atoms with Crippen molar-refractivity contribution in [2.45, 2.75) is 19.8 Å². The van der Waals surface area contributed by atoms with E-state index in [1.165, 1.54) is 0 Å². The number of hydrogen-bond acceptors (Lipinski definition) is 3. The molecule has 1 aromatic carbocycles. The predicted octanol–water partition coefficient (Wildman–Crippen LogP) is 2.82. The van der Waals surface area contributed by atoms with E-state index in [1.54, 1.807) is 0 Å². The van der Waals surface area contributed by atoms with Gasteiger partial charge in [-0.25, -0.2) is 0 Å². The zero-order valence-corrected chi connectivity index (χ0v) is 13.0. The maximum absolute atomic E-state index is 6.07. The van der Waals surface area contributed by atoms with Gasteiger partial charge in [-0.15, -0.1) is 0 Å². The van der Waals surface area contributed by atoms with Gasteiger partial charge in [0, 0.05) is 11.6 Å². The Morgan fingerprint density at radius 3 is 2.74 bits per heavy atom. The van der Waals surface area contributed by atoms with Gasteiger partial charge in [-0.3, -0.25) is 0 Å². The highest BCUT2D eigenvalue weighted by molar-refractivity contribution is 6.31. The molecule has 0 unspecified atom stereocenters. The van der Waals surface area contributed by atoms with Crippen molar-refractivity contribution >= 4 is 11.6 Å². The van der Waals surface area contributed by atoms with Crippen LogP contribution in [0.25, 0.3) is 0 Å². The van der Waals surface area contributed by atoms with Crippen molar-refractivity contribution in [1.29, 1.82) is 0 Å². The molecule has 0 aromatic heterocycles. The van der Waals surface area contributed by atoms with Gasteiger partial charge in [0.1, 0.15) is 12.4 Å². The van der Waals surface area contributed by atoms with Crippen LogP contribution in [0.5, 0.6) is 5.75 Å². The fraction of sp³-hybridized carbons (Fsp3) is 0.600. The third kappa shape index (κ3) is 6.81. The molecular weight excluding hydrogens is 260 g/mol. The summed E-state index contributed by atoms with van der Waals surface area (Å²) >= 11 is 6.07. The molecule has 108 valence electrons. The SMILES string of the molecule is CCc1cc(OCCNCCCN(C)C)ccc1Cl. The molecule has 0 saturated carbocycles. The van der Waals surface area contributed by atoms with Crippen molar-refractivity contribution in [2.75, 3.05) is 40.3 Å². The molecule has 0 spiro atoms. The van der Waals surface area contributed by atoms with Crippen LogP contribution in [0.4, 0.5) is 0 Å². The number of benzene rings is 1. The van der Waals surface area contributed by atoms with Crippen LogP contribution in [0.2, 0.25) is 5.02 Å². The summed E-state index contributed by atoms with van der Waals surface area (Å²) in [7, 11) is 4.18. The van der Waals surface area contributed by atoms with Crippen molar-refractivity contribution in [1.82, 2.24) is 10.2 Å². The first kappa shape index (κ1) is 16.3. The van der Waals surface area contributed by atoms with E-state index in [0.717, 1.165) is 48.8 Å². The molecule has 0 aliphatic heterocycles. The Hall–Kier alpha value is -0.770. The van der Waals surface area contributed by atoms with E-state index >= 15 is 0 Å². The van der Waals surface area contributed by atoms with Gasteiger partial charge < -0.3 is 15.0 Å². The van der Waals surface area contributed by atoms with Crippen molar-refractivity contribution < 1.29 is 4.74 Å². The van der Waals surface area contributed by atoms with E-state index in [1.807, 2.05) is 18.2 Å². The van der Waals surface area contributed by atoms with E-state index in [4.69, 9.17) is 16.3 Å². The molecule has 0 fully saturated rings. The molecule has 0 aliphatic carbocycles. The highest BCUT2D eigenvalue weighted by atomic mass is 35.5. The maximum atomic E-state index is 6.07. The van der Waals surface area contributed by atoms with Crippen molar-refractivity contribution in [3.63, 3.8) is 0 Å². The van der Waals surface area contributed by atoms with Gasteiger partial charge in [0.2, 0.25) is 0 Å². The molecule has 1 aromatic rings. The Morgan fingerprint density at radius 1 is 1.26 bits per heavy atom. The molecule has 0 bridgehead atoms. The average molecular weight is 285 g/mol. The third-order valence-electron chi connectivity index (χ3n) is 2.90. The number of ether oxygens (including phenoxy) is 1. The van der Waals surface area contributed by atoms with Gasteiger partial charge >= 0.3 is 0 Å². The van der Waals surface area contributed by atoms with Crippen LogP contribution in [0.3, 0.4) is 0 Å². The highest BCUT2D eigenvalue weighted by Gasteiger charge is 2.00. The first-order chi connectivity index (χ1) is 9.13. The molecule has 1 rings (SSSR count). The van der Waals surface area contributed by atoms with Crippen molar-refractivity contribution in [3.8, 4) is 5.75 Å². The molecule has 0 saturated heterocycles. The molecule has 0 radical (unpaired) electrons. The standard InChI is InChI=1S/C15H25ClN2O/c1-4-13-12-14(6-7-15(13)16)19-11-9-17-8-5-10-18(2)3/h6-7,12,17H,4-5,8-11H2,1-3H3. The fourth-order valence-corrected chi connectivity index (χ4v) is 2.05. The zero-order chi connectivity index (χ0) is 14.1. The number of aryl methyl sites for hydroxylation is 1. The number of rotatable bonds is 9. The second-order valence-electron chi connectivity index (χ2n) is 4.86. The third-order valence-corrected chi connectivity index (χ3v) is 3.27. The van der Waals surface area contributed by atoms with Crippen molar-refractivity contribution in [3.05, 3.63) is 28.8 Å². The molecule has 1 N–H and O–H groups in total. The van der Waals surface area contributed by atoms with Gasteiger partial charge in [0.05, 0.1) is 0 Å². The van der Waals surface area contributed by atoms with Gasteiger partial charge in [-0.05, 0) is 63.8 Å². The van der Waals surface area contributed by atoms with E-state index in [0.29, 0.717) is 6.61 Å². The molecular formula is C15H25ClN2O. The van der Waals surface area contributed by atoms with Gasteiger partial charge in [0.25, 0.3) is 0 Å². The highest BCUT2D eigenvalue weighted by Crippen LogP contribution is 2.22. The maximum Gasteiger partial charge on any atom is 0.119 e. The van der Waals surface area contributed by atoms with E-state index < -0.39 is 0 Å². The lowest BCUT2D eigenvalue weighted by Crippen LogP contribution is -2.25. The Balaban J connectivity index is 2.15. The van der Waals surface area contributed by atoms with E-state index in [-0.39, 0.29) is 0 Å². The molecule has 19 heavy (non-hydrogen) atoms. The average Bonchev–Trinajstić information content (AvgIpc) is 2.39. The summed E-state index contributed by atoms with van der Waals surface area (Å²) in [5.41, 5.74) is 1.14. The lowest BCUT2D eigenvalue weighted by atomic mass is 10.1. The number of halogens is 1. The largest absolute Gasteiger partial charge is 0.492 e. The topological polar surface area (TPSA) is 24.5 Å². The van der Waals surface area contributed by atoms with Gasteiger partial charge in [-0.1, -0.05) is 18.5 Å². The second kappa shape index (κ2) is 9.18. The Labute approximate surface area is 121 Å². The summed E-state index contributed by atoms with van der Waals surface area (Å²) in [6.45, 7) is 5.80. The summed E-state index contributed by atoms with van der Waals surface area (Å²) in [4.78, 5) is 2.19.